The van der Waals surface area contributed by atoms with Gasteiger partial charge in [0.15, 0.2) is 0 Å². The van der Waals surface area contributed by atoms with Crippen LogP contribution in [0.15, 0.2) is 42.2 Å². The second-order valence-electron chi connectivity index (χ2n) is 2.94. The molecule has 0 amide bonds. The highest BCUT2D eigenvalue weighted by molar-refractivity contribution is 5.95. The summed E-state index contributed by atoms with van der Waals surface area (Å²) in [7, 11) is 2.40. The number of carbonyl (C=O) groups is 2. The van der Waals surface area contributed by atoms with E-state index in [1.807, 2.05) is 0 Å². The first kappa shape index (κ1) is 12.8. The van der Waals surface area contributed by atoms with Gasteiger partial charge in [0.05, 0.1) is 20.3 Å². The van der Waals surface area contributed by atoms with Gasteiger partial charge in [0.2, 0.25) is 5.76 Å². The van der Waals surface area contributed by atoms with Crippen molar-refractivity contribution in [2.45, 2.75) is 0 Å². The van der Waals surface area contributed by atoms with E-state index in [9.17, 15) is 9.59 Å². The number of hydrogen-bond donors (Lipinski definition) is 0. The van der Waals surface area contributed by atoms with E-state index in [-0.39, 0.29) is 5.76 Å². The van der Waals surface area contributed by atoms with Crippen LogP contribution in [0.2, 0.25) is 0 Å². The van der Waals surface area contributed by atoms with Crippen molar-refractivity contribution >= 4 is 11.9 Å². The van der Waals surface area contributed by atoms with Crippen LogP contribution in [0.1, 0.15) is 0 Å². The van der Waals surface area contributed by atoms with E-state index in [0.29, 0.717) is 5.75 Å². The lowest BCUT2D eigenvalue weighted by atomic mass is 10.3. The monoisotopic (exact) mass is 236 g/mol. The van der Waals surface area contributed by atoms with E-state index >= 15 is 0 Å². The number of methoxy groups -OCH3 is 2. The van der Waals surface area contributed by atoms with Gasteiger partial charge in [-0.3, -0.25) is 0 Å². The van der Waals surface area contributed by atoms with Crippen LogP contribution in [-0.2, 0) is 19.1 Å². The molecule has 0 aliphatic rings. The van der Waals surface area contributed by atoms with Crippen LogP contribution >= 0.6 is 0 Å². The molecule has 0 heterocycles. The van der Waals surface area contributed by atoms with E-state index in [1.54, 1.807) is 30.3 Å². The summed E-state index contributed by atoms with van der Waals surface area (Å²) in [6.45, 7) is 0. The largest absolute Gasteiger partial charge is 0.466 e. The number of hydrogen-bond acceptors (Lipinski definition) is 5. The van der Waals surface area contributed by atoms with E-state index in [1.165, 1.54) is 14.2 Å². The van der Waals surface area contributed by atoms with Crippen LogP contribution in [0.4, 0.5) is 0 Å². The van der Waals surface area contributed by atoms with Crippen LogP contribution < -0.4 is 4.74 Å². The molecule has 0 N–H and O–H groups in total. The summed E-state index contributed by atoms with van der Waals surface area (Å²) < 4.78 is 14.1. The molecule has 0 saturated carbocycles. The van der Waals surface area contributed by atoms with Crippen molar-refractivity contribution in [3.63, 3.8) is 0 Å². The minimum atomic E-state index is -0.751. The Morgan fingerprint density at radius 3 is 2.24 bits per heavy atom. The minimum Gasteiger partial charge on any atom is -0.466 e. The number of carbonyl (C=O) groups excluding carboxylic acids is 2. The highest BCUT2D eigenvalue weighted by atomic mass is 16.6. The van der Waals surface area contributed by atoms with Gasteiger partial charge in [-0.05, 0) is 12.1 Å². The Morgan fingerprint density at radius 1 is 1.06 bits per heavy atom. The summed E-state index contributed by atoms with van der Waals surface area (Å²) in [5, 5.41) is 0. The fraction of sp³-hybridized carbons (Fsp3) is 0.167. The van der Waals surface area contributed by atoms with Crippen molar-refractivity contribution in [2.75, 3.05) is 14.2 Å². The van der Waals surface area contributed by atoms with E-state index < -0.39 is 11.9 Å². The molecule has 90 valence electrons. The fourth-order valence-electron chi connectivity index (χ4n) is 1.01. The molecule has 1 aromatic carbocycles. The molecule has 0 atom stereocenters. The standard InChI is InChI=1S/C12H12O5/c1-15-11(13)8-10(12(14)16-2)17-9-6-4-3-5-7-9/h3-8H,1-2H3/b10-8-. The topological polar surface area (TPSA) is 61.8 Å². The lowest BCUT2D eigenvalue weighted by molar-refractivity contribution is -0.140. The van der Waals surface area contributed by atoms with Gasteiger partial charge in [0.1, 0.15) is 5.75 Å². The van der Waals surface area contributed by atoms with Gasteiger partial charge in [0.25, 0.3) is 0 Å². The normalized spacial score (nSPS) is 10.6. The Hall–Kier alpha value is -2.30. The predicted molar refractivity (Wildman–Crippen MR) is 59.2 cm³/mol. The van der Waals surface area contributed by atoms with Crippen molar-refractivity contribution in [3.8, 4) is 5.75 Å². The van der Waals surface area contributed by atoms with Crippen molar-refractivity contribution in [1.29, 1.82) is 0 Å². The average molecular weight is 236 g/mol. The molecule has 0 radical (unpaired) electrons. The maximum atomic E-state index is 11.3. The van der Waals surface area contributed by atoms with Crippen LogP contribution in [0, 0.1) is 0 Å². The molecule has 0 aliphatic carbocycles. The van der Waals surface area contributed by atoms with Crippen LogP contribution in [0.5, 0.6) is 5.75 Å². The minimum absolute atomic E-state index is 0.231. The average Bonchev–Trinajstić information content (AvgIpc) is 2.38. The summed E-state index contributed by atoms with van der Waals surface area (Å²) in [6.07, 6.45) is 0.929. The number of para-hydroxylation sites is 1. The lowest BCUT2D eigenvalue weighted by Crippen LogP contribution is -2.13. The van der Waals surface area contributed by atoms with Crippen molar-refractivity contribution in [3.05, 3.63) is 42.2 Å². The van der Waals surface area contributed by atoms with E-state index in [4.69, 9.17) is 4.74 Å². The Morgan fingerprint density at radius 2 is 1.71 bits per heavy atom. The molecule has 1 rings (SSSR count). The highest BCUT2D eigenvalue weighted by Crippen LogP contribution is 2.13. The molecular formula is C12H12O5. The number of rotatable bonds is 4. The first-order valence-electron chi connectivity index (χ1n) is 4.78. The molecule has 0 unspecified atom stereocenters. The van der Waals surface area contributed by atoms with Gasteiger partial charge < -0.3 is 14.2 Å². The van der Waals surface area contributed by atoms with Crippen molar-refractivity contribution in [1.82, 2.24) is 0 Å². The third-order valence-electron chi connectivity index (χ3n) is 1.81. The molecule has 17 heavy (non-hydrogen) atoms. The van der Waals surface area contributed by atoms with Crippen LogP contribution in [0.25, 0.3) is 0 Å². The van der Waals surface area contributed by atoms with E-state index in [0.717, 1.165) is 6.08 Å². The molecule has 0 aromatic heterocycles. The van der Waals surface area contributed by atoms with Crippen molar-refractivity contribution < 1.29 is 23.8 Å². The second-order valence-corrected chi connectivity index (χ2v) is 2.94. The summed E-state index contributed by atoms with van der Waals surface area (Å²) in [6, 6.07) is 8.57. The van der Waals surface area contributed by atoms with Gasteiger partial charge in [-0.2, -0.15) is 0 Å². The van der Waals surface area contributed by atoms with Gasteiger partial charge in [0, 0.05) is 0 Å². The number of benzene rings is 1. The number of esters is 2. The Balaban J connectivity index is 2.89. The van der Waals surface area contributed by atoms with Crippen molar-refractivity contribution in [2.24, 2.45) is 0 Å². The maximum Gasteiger partial charge on any atom is 0.374 e. The Bertz CT molecular complexity index is 422. The number of ether oxygens (including phenoxy) is 3. The molecule has 0 bridgehead atoms. The summed E-state index contributed by atoms with van der Waals surface area (Å²) in [4.78, 5) is 22.4. The highest BCUT2D eigenvalue weighted by Gasteiger charge is 2.14. The SMILES string of the molecule is COC(=O)/C=C(\Oc1ccccc1)C(=O)OC. The van der Waals surface area contributed by atoms with Gasteiger partial charge in [-0.1, -0.05) is 18.2 Å². The quantitative estimate of drug-likeness (QED) is 0.448. The van der Waals surface area contributed by atoms with Gasteiger partial charge >= 0.3 is 11.9 Å². The third kappa shape index (κ3) is 3.98. The zero-order chi connectivity index (χ0) is 12.7. The molecule has 0 fully saturated rings. The second kappa shape index (κ2) is 6.32. The third-order valence-corrected chi connectivity index (χ3v) is 1.81. The molecule has 5 heteroatoms. The van der Waals surface area contributed by atoms with Crippen LogP contribution in [-0.4, -0.2) is 26.2 Å². The molecule has 0 aliphatic heterocycles. The van der Waals surface area contributed by atoms with E-state index in [2.05, 4.69) is 9.47 Å². The van der Waals surface area contributed by atoms with Crippen LogP contribution in [0.3, 0.4) is 0 Å². The summed E-state index contributed by atoms with van der Waals surface area (Å²) in [5.74, 6) is -1.25. The zero-order valence-electron chi connectivity index (χ0n) is 9.51. The maximum absolute atomic E-state index is 11.3. The molecule has 1 aromatic rings. The Labute approximate surface area is 98.6 Å². The smallest absolute Gasteiger partial charge is 0.374 e. The van der Waals surface area contributed by atoms with Gasteiger partial charge in [-0.15, -0.1) is 0 Å². The zero-order valence-corrected chi connectivity index (χ0v) is 9.51. The first-order chi connectivity index (χ1) is 8.17. The Kier molecular flexibility index (Phi) is 4.75. The first-order valence-corrected chi connectivity index (χ1v) is 4.78. The molecule has 5 nitrogen and oxygen atoms in total. The molecule has 0 saturated heterocycles. The lowest BCUT2D eigenvalue weighted by Gasteiger charge is -2.07. The summed E-state index contributed by atoms with van der Waals surface area (Å²) >= 11 is 0. The van der Waals surface area contributed by atoms with Gasteiger partial charge in [-0.25, -0.2) is 9.59 Å². The predicted octanol–water partition coefficient (Wildman–Crippen LogP) is 1.30. The molecule has 0 spiro atoms. The molecular weight excluding hydrogens is 224 g/mol. The summed E-state index contributed by atoms with van der Waals surface area (Å²) in [5.41, 5.74) is 0. The fourth-order valence-corrected chi connectivity index (χ4v) is 1.01.